The minimum atomic E-state index is -0.455. The van der Waals surface area contributed by atoms with Crippen LogP contribution in [0.4, 0.5) is 5.69 Å². The first-order valence-electron chi connectivity index (χ1n) is 8.74. The Morgan fingerprint density at radius 3 is 2.45 bits per heavy atom. The molecule has 0 saturated carbocycles. The second kappa shape index (κ2) is 7.84. The maximum atomic E-state index is 10.8. The fourth-order valence-corrected chi connectivity index (χ4v) is 3.34. The summed E-state index contributed by atoms with van der Waals surface area (Å²) in [5.41, 5.74) is 2.76. The van der Waals surface area contributed by atoms with Crippen molar-refractivity contribution in [2.45, 2.75) is 24.3 Å². The first-order chi connectivity index (χ1) is 14.0. The largest absolute Gasteiger partial charge is 0.419 e. The summed E-state index contributed by atoms with van der Waals surface area (Å²) in [6, 6.07) is 14.0. The highest BCUT2D eigenvalue weighted by atomic mass is 32.2. The number of nitrogens with zero attached hydrogens (tertiary/aromatic N) is 5. The van der Waals surface area contributed by atoms with Crippen molar-refractivity contribution in [2.75, 3.05) is 0 Å². The number of rotatable bonds is 6. The topological polar surface area (TPSA) is 124 Å². The molecule has 0 radical (unpaired) electrons. The smallest absolute Gasteiger partial charge is 0.269 e. The van der Waals surface area contributed by atoms with E-state index in [9.17, 15) is 10.1 Å². The van der Waals surface area contributed by atoms with Gasteiger partial charge in [-0.2, -0.15) is 0 Å². The number of hydrogen-bond acceptors (Lipinski definition) is 8. The van der Waals surface area contributed by atoms with E-state index < -0.39 is 4.92 Å². The van der Waals surface area contributed by atoms with Gasteiger partial charge in [-0.3, -0.25) is 15.2 Å². The number of nitrogens with one attached hydrogen (secondary N) is 1. The normalized spacial score (nSPS) is 12.1. The molecule has 0 fully saturated rings. The van der Waals surface area contributed by atoms with Gasteiger partial charge in [-0.15, -0.1) is 15.3 Å². The summed E-state index contributed by atoms with van der Waals surface area (Å²) in [5, 5.41) is 26.5. The van der Waals surface area contributed by atoms with E-state index in [1.54, 1.807) is 12.1 Å². The molecule has 4 aromatic rings. The molecule has 0 saturated heterocycles. The van der Waals surface area contributed by atoms with Crippen LogP contribution in [-0.2, 0) is 0 Å². The molecular formula is C19H16N6O3S. The average Bonchev–Trinajstić information content (AvgIpc) is 3.38. The molecule has 2 aromatic carbocycles. The summed E-state index contributed by atoms with van der Waals surface area (Å²) in [4.78, 5) is 14.8. The lowest BCUT2D eigenvalue weighted by molar-refractivity contribution is -0.384. The Hall–Kier alpha value is -3.53. The SMILES string of the molecule is Cc1ccc(-c2nc(S[C@H](C)c3nnc(-c4ccc([N+](=O)[O-])cc4)o3)n[nH]2)cc1. The third kappa shape index (κ3) is 4.16. The van der Waals surface area contributed by atoms with Crippen LogP contribution >= 0.6 is 11.8 Å². The van der Waals surface area contributed by atoms with Crippen LogP contribution in [0.3, 0.4) is 0 Å². The Morgan fingerprint density at radius 1 is 1.07 bits per heavy atom. The van der Waals surface area contributed by atoms with E-state index in [1.165, 1.54) is 29.5 Å². The second-order valence-corrected chi connectivity index (χ2v) is 7.65. The van der Waals surface area contributed by atoms with Crippen molar-refractivity contribution >= 4 is 17.4 Å². The zero-order chi connectivity index (χ0) is 20.4. The Bertz CT molecular complexity index is 1140. The fraction of sp³-hybridized carbons (Fsp3) is 0.158. The van der Waals surface area contributed by atoms with Crippen LogP contribution in [0.5, 0.6) is 0 Å². The zero-order valence-corrected chi connectivity index (χ0v) is 16.4. The molecule has 0 amide bonds. The predicted octanol–water partition coefficient (Wildman–Crippen LogP) is 4.59. The minimum Gasteiger partial charge on any atom is -0.419 e. The number of benzene rings is 2. The maximum absolute atomic E-state index is 10.8. The molecule has 10 heteroatoms. The quantitative estimate of drug-likeness (QED) is 0.279. The molecule has 0 aliphatic carbocycles. The summed E-state index contributed by atoms with van der Waals surface area (Å²) >= 11 is 1.39. The molecule has 4 rings (SSSR count). The van der Waals surface area contributed by atoms with Gasteiger partial charge in [-0.1, -0.05) is 41.6 Å². The summed E-state index contributed by atoms with van der Waals surface area (Å²) < 4.78 is 5.73. The average molecular weight is 408 g/mol. The van der Waals surface area contributed by atoms with Crippen molar-refractivity contribution in [3.63, 3.8) is 0 Å². The number of nitro groups is 1. The number of thioether (sulfide) groups is 1. The third-order valence-corrected chi connectivity index (χ3v) is 5.13. The molecule has 2 heterocycles. The van der Waals surface area contributed by atoms with Crippen LogP contribution in [0, 0.1) is 17.0 Å². The number of nitro benzene ring substituents is 1. The number of aryl methyl sites for hydroxylation is 1. The molecule has 0 unspecified atom stereocenters. The highest BCUT2D eigenvalue weighted by Gasteiger charge is 2.19. The van der Waals surface area contributed by atoms with Gasteiger partial charge in [0.1, 0.15) is 0 Å². The van der Waals surface area contributed by atoms with Gasteiger partial charge in [0.15, 0.2) is 5.82 Å². The van der Waals surface area contributed by atoms with E-state index in [4.69, 9.17) is 4.42 Å². The molecule has 1 N–H and O–H groups in total. The van der Waals surface area contributed by atoms with Gasteiger partial charge >= 0.3 is 0 Å². The van der Waals surface area contributed by atoms with Gasteiger partial charge in [-0.05, 0) is 26.0 Å². The molecule has 0 spiro atoms. The lowest BCUT2D eigenvalue weighted by Crippen LogP contribution is -1.89. The number of non-ortho nitro benzene ring substituents is 1. The molecule has 2 aromatic heterocycles. The number of aromatic nitrogens is 5. The summed E-state index contributed by atoms with van der Waals surface area (Å²) in [5.74, 6) is 1.42. The number of H-pyrrole nitrogens is 1. The van der Waals surface area contributed by atoms with Crippen LogP contribution in [0.1, 0.15) is 23.6 Å². The van der Waals surface area contributed by atoms with Crippen molar-refractivity contribution in [1.29, 1.82) is 0 Å². The first kappa shape index (κ1) is 18.8. The van der Waals surface area contributed by atoms with Gasteiger partial charge in [0.2, 0.25) is 16.9 Å². The van der Waals surface area contributed by atoms with Crippen molar-refractivity contribution in [3.8, 4) is 22.8 Å². The predicted molar refractivity (Wildman–Crippen MR) is 107 cm³/mol. The van der Waals surface area contributed by atoms with Crippen LogP contribution < -0.4 is 0 Å². The first-order valence-corrected chi connectivity index (χ1v) is 9.62. The third-order valence-electron chi connectivity index (χ3n) is 4.19. The summed E-state index contributed by atoms with van der Waals surface area (Å²) in [6.07, 6.45) is 0. The molecular weight excluding hydrogens is 392 g/mol. The van der Waals surface area contributed by atoms with Crippen molar-refractivity contribution in [1.82, 2.24) is 25.4 Å². The van der Waals surface area contributed by atoms with Gasteiger partial charge in [0.05, 0.1) is 10.2 Å². The maximum Gasteiger partial charge on any atom is 0.269 e. The monoisotopic (exact) mass is 408 g/mol. The Balaban J connectivity index is 1.46. The minimum absolute atomic E-state index is 0.00593. The number of aromatic amines is 1. The standard InChI is InChI=1S/C19H16N6O3S/c1-11-3-5-13(6-4-11)16-20-19(24-21-16)29-12(2)17-22-23-18(28-17)14-7-9-15(10-8-14)25(26)27/h3-10,12H,1-2H3,(H,20,21,24)/t12-/m1/s1. The molecule has 29 heavy (non-hydrogen) atoms. The van der Waals surface area contributed by atoms with Crippen molar-refractivity contribution in [3.05, 3.63) is 70.1 Å². The summed E-state index contributed by atoms with van der Waals surface area (Å²) in [6.45, 7) is 3.95. The van der Waals surface area contributed by atoms with Gasteiger partial charge < -0.3 is 4.42 Å². The van der Waals surface area contributed by atoms with Gasteiger partial charge in [0.25, 0.3) is 5.69 Å². The highest BCUT2D eigenvalue weighted by Crippen LogP contribution is 2.34. The molecule has 0 bridgehead atoms. The molecule has 0 aliphatic rings. The Morgan fingerprint density at radius 2 is 1.76 bits per heavy atom. The van der Waals surface area contributed by atoms with Crippen LogP contribution in [0.25, 0.3) is 22.8 Å². The lowest BCUT2D eigenvalue weighted by Gasteiger charge is -2.02. The van der Waals surface area contributed by atoms with E-state index in [2.05, 4.69) is 25.4 Å². The van der Waals surface area contributed by atoms with Crippen LogP contribution in [0.2, 0.25) is 0 Å². The Kier molecular flexibility index (Phi) is 5.09. The second-order valence-electron chi connectivity index (χ2n) is 6.34. The number of hydrogen-bond donors (Lipinski definition) is 1. The van der Waals surface area contributed by atoms with Gasteiger partial charge in [0, 0.05) is 23.3 Å². The van der Waals surface area contributed by atoms with E-state index in [0.717, 1.165) is 5.56 Å². The van der Waals surface area contributed by atoms with Crippen LogP contribution in [-0.4, -0.2) is 30.3 Å². The molecule has 9 nitrogen and oxygen atoms in total. The fourth-order valence-electron chi connectivity index (χ4n) is 2.59. The van der Waals surface area contributed by atoms with Crippen LogP contribution in [0.15, 0.2) is 58.1 Å². The lowest BCUT2D eigenvalue weighted by atomic mass is 10.1. The van der Waals surface area contributed by atoms with E-state index >= 15 is 0 Å². The van der Waals surface area contributed by atoms with E-state index in [0.29, 0.717) is 28.3 Å². The highest BCUT2D eigenvalue weighted by molar-refractivity contribution is 7.99. The van der Waals surface area contributed by atoms with Crippen molar-refractivity contribution in [2.24, 2.45) is 0 Å². The van der Waals surface area contributed by atoms with E-state index in [1.807, 2.05) is 38.1 Å². The zero-order valence-electron chi connectivity index (χ0n) is 15.6. The molecule has 146 valence electrons. The van der Waals surface area contributed by atoms with Crippen molar-refractivity contribution < 1.29 is 9.34 Å². The molecule has 0 aliphatic heterocycles. The van der Waals surface area contributed by atoms with E-state index in [-0.39, 0.29) is 10.9 Å². The summed E-state index contributed by atoms with van der Waals surface area (Å²) in [7, 11) is 0. The molecule has 1 atom stereocenters. The van der Waals surface area contributed by atoms with Gasteiger partial charge in [-0.25, -0.2) is 4.98 Å². The Labute approximate surface area is 169 Å².